The van der Waals surface area contributed by atoms with E-state index in [4.69, 9.17) is 4.74 Å². The molecule has 4 rings (SSSR count). The van der Waals surface area contributed by atoms with Gasteiger partial charge in [0.25, 0.3) is 0 Å². The Bertz CT molecular complexity index is 898. The van der Waals surface area contributed by atoms with Crippen LogP contribution < -0.4 is 0 Å². The summed E-state index contributed by atoms with van der Waals surface area (Å²) in [5, 5.41) is 10.9. The van der Waals surface area contributed by atoms with Gasteiger partial charge in [-0.3, -0.25) is 14.4 Å². The molecular formula is C24H31FO5S. The predicted octanol–water partition coefficient (Wildman–Crippen LogP) is 3.61. The van der Waals surface area contributed by atoms with Crippen molar-refractivity contribution in [3.8, 4) is 0 Å². The van der Waals surface area contributed by atoms with E-state index in [0.717, 1.165) is 0 Å². The summed E-state index contributed by atoms with van der Waals surface area (Å²) in [6, 6.07) is 0. The molecule has 9 atom stereocenters. The largest absolute Gasteiger partial charge is 0.449 e. The molecule has 4 aliphatic carbocycles. The molecule has 0 aromatic heterocycles. The third-order valence-electron chi connectivity index (χ3n) is 8.90. The van der Waals surface area contributed by atoms with E-state index in [1.165, 1.54) is 12.2 Å². The van der Waals surface area contributed by atoms with E-state index < -0.39 is 39.8 Å². The molecule has 0 aromatic rings. The van der Waals surface area contributed by atoms with Crippen molar-refractivity contribution < 1.29 is 28.6 Å². The van der Waals surface area contributed by atoms with Crippen LogP contribution in [0.5, 0.6) is 0 Å². The minimum absolute atomic E-state index is 0.126. The Morgan fingerprint density at radius 1 is 1.32 bits per heavy atom. The average molecular weight is 451 g/mol. The molecule has 0 bridgehead atoms. The molecule has 3 saturated carbocycles. The number of hydrogen-bond acceptors (Lipinski definition) is 5. The second kappa shape index (κ2) is 7.27. The monoisotopic (exact) mass is 450 g/mol. The molecule has 3 fully saturated rings. The summed E-state index contributed by atoms with van der Waals surface area (Å²) in [6.07, 6.45) is 3.56. The van der Waals surface area contributed by atoms with Gasteiger partial charge in [0.1, 0.15) is 6.17 Å². The maximum absolute atomic E-state index is 15.4. The molecule has 4 aliphatic rings. The zero-order chi connectivity index (χ0) is 22.9. The van der Waals surface area contributed by atoms with E-state index >= 15 is 4.39 Å². The van der Waals surface area contributed by atoms with Crippen LogP contribution in [-0.2, 0) is 19.1 Å². The molecule has 0 spiro atoms. The van der Waals surface area contributed by atoms with Crippen LogP contribution in [0.15, 0.2) is 23.8 Å². The number of rotatable bonds is 3. The highest BCUT2D eigenvalue weighted by atomic mass is 32.1. The first-order chi connectivity index (χ1) is 14.4. The first kappa shape index (κ1) is 22.7. The van der Waals surface area contributed by atoms with Gasteiger partial charge in [0.2, 0.25) is 5.12 Å². The maximum atomic E-state index is 15.4. The normalized spacial score (nSPS) is 48.4. The van der Waals surface area contributed by atoms with Crippen molar-refractivity contribution in [1.82, 2.24) is 0 Å². The van der Waals surface area contributed by atoms with E-state index in [1.54, 1.807) is 13.0 Å². The molecular weight excluding hydrogens is 419 g/mol. The van der Waals surface area contributed by atoms with Gasteiger partial charge in [0, 0.05) is 29.1 Å². The second-order valence-electron chi connectivity index (χ2n) is 10.3. The van der Waals surface area contributed by atoms with Crippen LogP contribution in [0.3, 0.4) is 0 Å². The first-order valence-corrected chi connectivity index (χ1v) is 11.6. The van der Waals surface area contributed by atoms with Gasteiger partial charge in [-0.05, 0) is 48.8 Å². The van der Waals surface area contributed by atoms with E-state index in [-0.39, 0.29) is 48.7 Å². The minimum atomic E-state index is -1.46. The van der Waals surface area contributed by atoms with E-state index in [2.05, 4.69) is 12.6 Å². The Morgan fingerprint density at radius 3 is 2.61 bits per heavy atom. The summed E-state index contributed by atoms with van der Waals surface area (Å²) < 4.78 is 21.3. The molecule has 1 N–H and O–H groups in total. The van der Waals surface area contributed by atoms with Crippen molar-refractivity contribution in [3.63, 3.8) is 0 Å². The number of fused-ring (bicyclic) bond motifs is 5. The summed E-state index contributed by atoms with van der Waals surface area (Å²) in [6.45, 7) is 7.33. The Morgan fingerprint density at radius 2 is 2.00 bits per heavy atom. The van der Waals surface area contributed by atoms with E-state index in [0.29, 0.717) is 12.0 Å². The highest BCUT2D eigenvalue weighted by Crippen LogP contribution is 2.69. The fourth-order valence-electron chi connectivity index (χ4n) is 7.62. The molecule has 0 amide bonds. The molecule has 7 heteroatoms. The van der Waals surface area contributed by atoms with E-state index in [9.17, 15) is 19.5 Å². The van der Waals surface area contributed by atoms with Gasteiger partial charge in [-0.25, -0.2) is 4.39 Å². The van der Waals surface area contributed by atoms with E-state index in [1.807, 2.05) is 20.8 Å². The van der Waals surface area contributed by atoms with Crippen molar-refractivity contribution >= 4 is 29.5 Å². The standard InChI is InChI=1S/C24H31FO5S/c1-5-19(28)30-24(21(29)31)12(2)8-15-14-10-17(25)16-9-13(26)6-7-22(16,3)20(14)18(27)11-23(15,24)4/h6-7,9,12,14-15,17-18,20,27H,5,8,10-11H2,1-4H3,(H,29,31)/t12-,14?,15?,17+,18?,20?,22?,23?,24+/m1/s1. The zero-order valence-electron chi connectivity index (χ0n) is 18.4. The van der Waals surface area contributed by atoms with Crippen molar-refractivity contribution in [2.75, 3.05) is 0 Å². The maximum Gasteiger partial charge on any atom is 0.306 e. The summed E-state index contributed by atoms with van der Waals surface area (Å²) >= 11 is 4.16. The number of ether oxygens (including phenoxy) is 1. The lowest BCUT2D eigenvalue weighted by atomic mass is 9.46. The van der Waals surface area contributed by atoms with Crippen LogP contribution in [0.25, 0.3) is 0 Å². The molecule has 31 heavy (non-hydrogen) atoms. The number of esters is 1. The summed E-state index contributed by atoms with van der Waals surface area (Å²) in [7, 11) is 0. The van der Waals surface area contributed by atoms with Gasteiger partial charge < -0.3 is 9.84 Å². The number of carbonyl (C=O) groups excluding carboxylic acids is 3. The molecule has 0 heterocycles. The number of allylic oxidation sites excluding steroid dienone is 4. The van der Waals surface area contributed by atoms with Gasteiger partial charge in [-0.2, -0.15) is 0 Å². The SMILES string of the molecule is CCC(=O)O[C@]1(C(=O)S)[C@H](C)CC2C3C[C@H](F)C4=CC(=O)C=CC4(C)C3C(O)CC21C. The fraction of sp³-hybridized carbons (Fsp3) is 0.708. The van der Waals surface area contributed by atoms with Gasteiger partial charge >= 0.3 is 5.97 Å². The van der Waals surface area contributed by atoms with Gasteiger partial charge in [-0.1, -0.05) is 33.8 Å². The molecule has 0 aliphatic heterocycles. The molecule has 170 valence electrons. The topological polar surface area (TPSA) is 80.7 Å². The van der Waals surface area contributed by atoms with Gasteiger partial charge in [-0.15, -0.1) is 12.6 Å². The number of halogens is 1. The summed E-state index contributed by atoms with van der Waals surface area (Å²) in [5.74, 6) is -1.65. The first-order valence-electron chi connectivity index (χ1n) is 11.1. The van der Waals surface area contributed by atoms with Crippen molar-refractivity contribution in [1.29, 1.82) is 0 Å². The van der Waals surface area contributed by atoms with Crippen LogP contribution in [0.2, 0.25) is 0 Å². The van der Waals surface area contributed by atoms with Crippen molar-refractivity contribution in [3.05, 3.63) is 23.8 Å². The Labute approximate surface area is 187 Å². The molecule has 0 radical (unpaired) electrons. The summed E-state index contributed by atoms with van der Waals surface area (Å²) in [5.41, 5.74) is -2.65. The lowest BCUT2D eigenvalue weighted by Gasteiger charge is -2.60. The minimum Gasteiger partial charge on any atom is -0.449 e. The number of alkyl halides is 1. The number of aliphatic hydroxyl groups is 1. The van der Waals surface area contributed by atoms with Gasteiger partial charge in [0.15, 0.2) is 11.4 Å². The zero-order valence-corrected chi connectivity index (χ0v) is 19.3. The third-order valence-corrected chi connectivity index (χ3v) is 9.23. The molecule has 0 aromatic carbocycles. The number of aliphatic hydroxyl groups excluding tert-OH is 1. The molecule has 5 nitrogen and oxygen atoms in total. The lowest BCUT2D eigenvalue weighted by molar-refractivity contribution is -0.200. The van der Waals surface area contributed by atoms with Crippen LogP contribution in [0.4, 0.5) is 4.39 Å². The lowest BCUT2D eigenvalue weighted by Crippen LogP contribution is -2.63. The molecule has 0 saturated heterocycles. The Hall–Kier alpha value is -1.47. The number of thiol groups is 1. The smallest absolute Gasteiger partial charge is 0.306 e. The number of ketones is 1. The van der Waals surface area contributed by atoms with Crippen LogP contribution in [0, 0.1) is 34.5 Å². The van der Waals surface area contributed by atoms with Crippen LogP contribution in [0.1, 0.15) is 53.4 Å². The quantitative estimate of drug-likeness (QED) is 0.507. The average Bonchev–Trinajstić information content (AvgIpc) is 2.90. The second-order valence-corrected chi connectivity index (χ2v) is 10.7. The van der Waals surface area contributed by atoms with Crippen LogP contribution in [-0.4, -0.2) is 39.9 Å². The Kier molecular flexibility index (Phi) is 5.33. The highest BCUT2D eigenvalue weighted by Gasteiger charge is 2.73. The molecule has 6 unspecified atom stereocenters. The number of carbonyl (C=O) groups is 3. The van der Waals surface area contributed by atoms with Crippen molar-refractivity contribution in [2.45, 2.75) is 71.3 Å². The highest BCUT2D eigenvalue weighted by molar-refractivity contribution is 7.96. The number of hydrogen-bond donors (Lipinski definition) is 2. The predicted molar refractivity (Wildman–Crippen MR) is 116 cm³/mol. The van der Waals surface area contributed by atoms with Gasteiger partial charge in [0.05, 0.1) is 6.10 Å². The van der Waals surface area contributed by atoms with Crippen LogP contribution >= 0.6 is 12.6 Å². The summed E-state index contributed by atoms with van der Waals surface area (Å²) in [4.78, 5) is 37.2. The van der Waals surface area contributed by atoms with Crippen molar-refractivity contribution in [2.24, 2.45) is 34.5 Å². The third kappa shape index (κ3) is 2.88. The Balaban J connectivity index is 1.82. The fourth-order valence-corrected chi connectivity index (χ4v) is 8.14.